The van der Waals surface area contributed by atoms with E-state index in [1.165, 1.54) is 0 Å². The van der Waals surface area contributed by atoms with E-state index in [1.54, 1.807) is 0 Å². The first-order valence-corrected chi connectivity index (χ1v) is 6.34. The highest BCUT2D eigenvalue weighted by Gasteiger charge is 2.27. The number of urea groups is 1. The number of aliphatic carboxylic acids is 1. The van der Waals surface area contributed by atoms with Crippen molar-refractivity contribution in [3.63, 3.8) is 0 Å². The molecule has 0 aliphatic heterocycles. The molecular weight excluding hydrogens is 236 g/mol. The van der Waals surface area contributed by atoms with Crippen LogP contribution in [0.5, 0.6) is 0 Å². The molecule has 1 aliphatic rings. The Morgan fingerprint density at radius 3 is 2.50 bits per heavy atom. The molecule has 6 nitrogen and oxygen atoms in total. The number of carboxylic acids is 1. The third-order valence-electron chi connectivity index (χ3n) is 3.53. The van der Waals surface area contributed by atoms with Gasteiger partial charge in [-0.3, -0.25) is 0 Å². The van der Waals surface area contributed by atoms with Crippen LogP contribution in [0.15, 0.2) is 0 Å². The van der Waals surface area contributed by atoms with E-state index < -0.39 is 24.6 Å². The van der Waals surface area contributed by atoms with E-state index in [4.69, 9.17) is 10.2 Å². The quantitative estimate of drug-likeness (QED) is 0.592. The molecule has 1 saturated carbocycles. The molecule has 1 fully saturated rings. The molecule has 0 saturated heterocycles. The molecule has 0 aromatic rings. The minimum absolute atomic E-state index is 0.0781. The zero-order chi connectivity index (χ0) is 13.7. The van der Waals surface area contributed by atoms with E-state index in [-0.39, 0.29) is 6.04 Å². The fourth-order valence-electron chi connectivity index (χ4n) is 2.43. The lowest BCUT2D eigenvalue weighted by atomic mass is 9.80. The van der Waals surface area contributed by atoms with Crippen molar-refractivity contribution in [2.24, 2.45) is 11.8 Å². The summed E-state index contributed by atoms with van der Waals surface area (Å²) in [6.07, 6.45) is 3.04. The number of amides is 2. The van der Waals surface area contributed by atoms with Gasteiger partial charge in [0.1, 0.15) is 0 Å². The van der Waals surface area contributed by atoms with E-state index in [0.29, 0.717) is 11.8 Å². The summed E-state index contributed by atoms with van der Waals surface area (Å²) in [5.74, 6) is -0.180. The van der Waals surface area contributed by atoms with Crippen molar-refractivity contribution in [1.29, 1.82) is 0 Å². The van der Waals surface area contributed by atoms with Crippen molar-refractivity contribution >= 4 is 12.0 Å². The maximum atomic E-state index is 11.6. The van der Waals surface area contributed by atoms with E-state index in [9.17, 15) is 9.59 Å². The second kappa shape index (κ2) is 6.58. The molecule has 4 atom stereocenters. The Hall–Kier alpha value is -1.30. The summed E-state index contributed by atoms with van der Waals surface area (Å²) < 4.78 is 0. The fourth-order valence-corrected chi connectivity index (χ4v) is 2.43. The van der Waals surface area contributed by atoms with Crippen molar-refractivity contribution in [3.8, 4) is 0 Å². The Bertz CT molecular complexity index is 308. The van der Waals surface area contributed by atoms with Crippen molar-refractivity contribution in [1.82, 2.24) is 10.6 Å². The van der Waals surface area contributed by atoms with Crippen LogP contribution >= 0.6 is 0 Å². The van der Waals surface area contributed by atoms with Crippen molar-refractivity contribution < 1.29 is 19.8 Å². The van der Waals surface area contributed by atoms with Crippen molar-refractivity contribution in [3.05, 3.63) is 0 Å². The minimum atomic E-state index is -1.25. The van der Waals surface area contributed by atoms with Crippen LogP contribution in [0.2, 0.25) is 0 Å². The standard InChI is InChI=1S/C12H22N2O4/c1-7-3-4-9(8(2)5-7)13-12(18)14-10(6-15)11(16)17/h7-10,15H,3-6H2,1-2H3,(H,16,17)(H2,13,14,18)/t7?,8?,9?,10-/m1/s1. The molecule has 6 heteroatoms. The maximum absolute atomic E-state index is 11.6. The number of rotatable bonds is 4. The molecule has 0 radical (unpaired) electrons. The van der Waals surface area contributed by atoms with Gasteiger partial charge in [0.2, 0.25) is 0 Å². The summed E-state index contributed by atoms with van der Waals surface area (Å²) in [6.45, 7) is 3.67. The maximum Gasteiger partial charge on any atom is 0.328 e. The molecule has 0 heterocycles. The molecule has 3 unspecified atom stereocenters. The number of hydrogen-bond acceptors (Lipinski definition) is 3. The van der Waals surface area contributed by atoms with Gasteiger partial charge < -0.3 is 20.8 Å². The summed E-state index contributed by atoms with van der Waals surface area (Å²) >= 11 is 0. The number of carbonyl (C=O) groups is 2. The molecular formula is C12H22N2O4. The van der Waals surface area contributed by atoms with Crippen molar-refractivity contribution in [2.75, 3.05) is 6.61 Å². The molecule has 1 rings (SSSR count). The molecule has 0 aromatic carbocycles. The van der Waals surface area contributed by atoms with E-state index >= 15 is 0 Å². The number of carboxylic acid groups (broad SMARTS) is 1. The number of hydrogen-bond donors (Lipinski definition) is 4. The SMILES string of the molecule is CC1CCC(NC(=O)N[C@H](CO)C(=O)O)C(C)C1. The normalized spacial score (nSPS) is 29.4. The van der Waals surface area contributed by atoms with E-state index in [0.717, 1.165) is 19.3 Å². The van der Waals surface area contributed by atoms with Gasteiger partial charge in [-0.1, -0.05) is 13.8 Å². The summed E-state index contributed by atoms with van der Waals surface area (Å²) in [6, 6.07) is -1.69. The van der Waals surface area contributed by atoms with E-state index in [1.807, 2.05) is 0 Å². The smallest absolute Gasteiger partial charge is 0.328 e. The molecule has 0 bridgehead atoms. The predicted molar refractivity (Wildman–Crippen MR) is 66.1 cm³/mol. The van der Waals surface area contributed by atoms with Gasteiger partial charge in [0.05, 0.1) is 6.61 Å². The molecule has 104 valence electrons. The fraction of sp³-hybridized carbons (Fsp3) is 0.833. The molecule has 4 N–H and O–H groups in total. The van der Waals surface area contributed by atoms with Crippen LogP contribution < -0.4 is 10.6 Å². The van der Waals surface area contributed by atoms with Crippen LogP contribution in [-0.4, -0.2) is 40.9 Å². The second-order valence-electron chi connectivity index (χ2n) is 5.19. The third kappa shape index (κ3) is 4.18. The average molecular weight is 258 g/mol. The van der Waals surface area contributed by atoms with Gasteiger partial charge in [-0.25, -0.2) is 9.59 Å². The average Bonchev–Trinajstić information content (AvgIpc) is 2.29. The first kappa shape index (κ1) is 14.8. The van der Waals surface area contributed by atoms with Gasteiger partial charge in [0, 0.05) is 6.04 Å². The van der Waals surface area contributed by atoms with Crippen LogP contribution in [0.4, 0.5) is 4.79 Å². The predicted octanol–water partition coefficient (Wildman–Crippen LogP) is 0.556. The summed E-state index contributed by atoms with van der Waals surface area (Å²) in [4.78, 5) is 22.3. The number of carbonyl (C=O) groups excluding carboxylic acids is 1. The van der Waals surface area contributed by atoms with Crippen LogP contribution in [0.1, 0.15) is 33.1 Å². The minimum Gasteiger partial charge on any atom is -0.480 e. The van der Waals surface area contributed by atoms with Gasteiger partial charge in [-0.15, -0.1) is 0 Å². The Morgan fingerprint density at radius 2 is 2.00 bits per heavy atom. The molecule has 0 spiro atoms. The number of nitrogens with one attached hydrogen (secondary N) is 2. The van der Waals surface area contributed by atoms with Gasteiger partial charge in [0.25, 0.3) is 0 Å². The molecule has 0 aromatic heterocycles. The topological polar surface area (TPSA) is 98.7 Å². The van der Waals surface area contributed by atoms with Crippen LogP contribution in [0.3, 0.4) is 0 Å². The largest absolute Gasteiger partial charge is 0.480 e. The summed E-state index contributed by atoms with van der Waals surface area (Å²) in [5, 5.41) is 22.6. The zero-order valence-corrected chi connectivity index (χ0v) is 10.8. The first-order chi connectivity index (χ1) is 8.43. The number of aliphatic hydroxyl groups is 1. The highest BCUT2D eigenvalue weighted by atomic mass is 16.4. The Labute approximate surface area is 107 Å². The summed E-state index contributed by atoms with van der Waals surface area (Å²) in [5.41, 5.74) is 0. The lowest BCUT2D eigenvalue weighted by molar-refractivity contribution is -0.140. The highest BCUT2D eigenvalue weighted by Crippen LogP contribution is 2.28. The first-order valence-electron chi connectivity index (χ1n) is 6.34. The van der Waals surface area contributed by atoms with Crippen LogP contribution in [-0.2, 0) is 4.79 Å². The molecule has 2 amide bonds. The second-order valence-corrected chi connectivity index (χ2v) is 5.19. The Kier molecular flexibility index (Phi) is 5.40. The lowest BCUT2D eigenvalue weighted by Crippen LogP contribution is -2.52. The van der Waals surface area contributed by atoms with E-state index in [2.05, 4.69) is 24.5 Å². The Morgan fingerprint density at radius 1 is 1.33 bits per heavy atom. The zero-order valence-electron chi connectivity index (χ0n) is 10.8. The number of aliphatic hydroxyl groups excluding tert-OH is 1. The monoisotopic (exact) mass is 258 g/mol. The third-order valence-corrected chi connectivity index (χ3v) is 3.53. The van der Waals surface area contributed by atoms with Crippen LogP contribution in [0, 0.1) is 11.8 Å². The van der Waals surface area contributed by atoms with Gasteiger partial charge in [-0.2, -0.15) is 0 Å². The highest BCUT2D eigenvalue weighted by molar-refractivity contribution is 5.82. The van der Waals surface area contributed by atoms with Crippen molar-refractivity contribution in [2.45, 2.75) is 45.2 Å². The lowest BCUT2D eigenvalue weighted by Gasteiger charge is -2.33. The van der Waals surface area contributed by atoms with Gasteiger partial charge in [0.15, 0.2) is 6.04 Å². The summed E-state index contributed by atoms with van der Waals surface area (Å²) in [7, 11) is 0. The molecule has 1 aliphatic carbocycles. The Balaban J connectivity index is 2.42. The van der Waals surface area contributed by atoms with Gasteiger partial charge in [-0.05, 0) is 31.1 Å². The molecule has 18 heavy (non-hydrogen) atoms. The van der Waals surface area contributed by atoms with Crippen LogP contribution in [0.25, 0.3) is 0 Å². The van der Waals surface area contributed by atoms with Gasteiger partial charge >= 0.3 is 12.0 Å².